The van der Waals surface area contributed by atoms with E-state index < -0.39 is 0 Å². The summed E-state index contributed by atoms with van der Waals surface area (Å²) in [6, 6.07) is 14.4. The normalized spacial score (nSPS) is 11.3. The molecular weight excluding hydrogens is 450 g/mol. The third-order valence-corrected chi connectivity index (χ3v) is 6.13. The van der Waals surface area contributed by atoms with Crippen molar-refractivity contribution in [1.82, 2.24) is 24.0 Å². The van der Waals surface area contributed by atoms with Crippen LogP contribution in [0.15, 0.2) is 67.1 Å². The number of fused-ring (bicyclic) bond motifs is 2. The molecule has 0 saturated heterocycles. The fourth-order valence-corrected chi connectivity index (χ4v) is 4.32. The van der Waals surface area contributed by atoms with Gasteiger partial charge in [0, 0.05) is 54.6 Å². The summed E-state index contributed by atoms with van der Waals surface area (Å²) in [4.78, 5) is 36.3. The standard InChI is InChI=1S/C26H22ClN5O2/c1-16-29-22-13-28-11-10-23(22)31(16)14-17-4-6-18(7-5-17)25(33)21-15-32(26(34)30(2)3)24-12-19(27)8-9-20(21)24/h4-13,15H,14H2,1-3H3. The van der Waals surface area contributed by atoms with Crippen LogP contribution in [-0.4, -0.2) is 49.9 Å². The molecule has 0 spiro atoms. The van der Waals surface area contributed by atoms with Crippen LogP contribution < -0.4 is 0 Å². The Bertz CT molecular complexity index is 1560. The topological polar surface area (TPSA) is 73.0 Å². The van der Waals surface area contributed by atoms with E-state index in [1.165, 1.54) is 9.47 Å². The molecule has 3 aromatic heterocycles. The Morgan fingerprint density at radius 2 is 1.79 bits per heavy atom. The van der Waals surface area contributed by atoms with Gasteiger partial charge >= 0.3 is 6.03 Å². The molecule has 0 bridgehead atoms. The summed E-state index contributed by atoms with van der Waals surface area (Å²) in [6.07, 6.45) is 5.10. The Morgan fingerprint density at radius 3 is 2.53 bits per heavy atom. The summed E-state index contributed by atoms with van der Waals surface area (Å²) >= 11 is 6.17. The fraction of sp³-hybridized carbons (Fsp3) is 0.154. The maximum Gasteiger partial charge on any atom is 0.328 e. The minimum absolute atomic E-state index is 0.153. The van der Waals surface area contributed by atoms with Crippen LogP contribution in [0, 0.1) is 6.92 Å². The van der Waals surface area contributed by atoms with E-state index in [4.69, 9.17) is 11.6 Å². The van der Waals surface area contributed by atoms with Crippen LogP contribution in [0.1, 0.15) is 27.3 Å². The molecular formula is C26H22ClN5O2. The van der Waals surface area contributed by atoms with Crippen LogP contribution in [0.5, 0.6) is 0 Å². The molecule has 0 fully saturated rings. The number of aryl methyl sites for hydroxylation is 1. The van der Waals surface area contributed by atoms with Crippen molar-refractivity contribution in [2.24, 2.45) is 0 Å². The Labute approximate surface area is 201 Å². The maximum absolute atomic E-state index is 13.4. The Kier molecular flexibility index (Phi) is 5.42. The highest BCUT2D eigenvalue weighted by atomic mass is 35.5. The van der Waals surface area contributed by atoms with Gasteiger partial charge in [-0.15, -0.1) is 0 Å². The molecule has 2 aromatic carbocycles. The second-order valence-corrected chi connectivity index (χ2v) is 8.82. The van der Waals surface area contributed by atoms with Gasteiger partial charge in [0.1, 0.15) is 11.3 Å². The Morgan fingerprint density at radius 1 is 1.03 bits per heavy atom. The number of halogens is 1. The lowest BCUT2D eigenvalue weighted by molar-refractivity contribution is 0.104. The number of ketones is 1. The first-order valence-electron chi connectivity index (χ1n) is 10.8. The van der Waals surface area contributed by atoms with Gasteiger partial charge in [-0.05, 0) is 30.7 Å². The molecule has 0 atom stereocenters. The van der Waals surface area contributed by atoms with Crippen LogP contribution in [0.3, 0.4) is 0 Å². The molecule has 0 radical (unpaired) electrons. The van der Waals surface area contributed by atoms with Crippen molar-refractivity contribution < 1.29 is 9.59 Å². The van der Waals surface area contributed by atoms with Crippen molar-refractivity contribution in [2.45, 2.75) is 13.5 Å². The molecule has 0 aliphatic rings. The summed E-state index contributed by atoms with van der Waals surface area (Å²) in [7, 11) is 3.33. The summed E-state index contributed by atoms with van der Waals surface area (Å²) in [5.41, 5.74) is 4.53. The maximum atomic E-state index is 13.4. The number of benzene rings is 2. The molecule has 0 N–H and O–H groups in total. The second kappa shape index (κ2) is 8.43. The molecule has 0 saturated carbocycles. The smallest absolute Gasteiger partial charge is 0.328 e. The van der Waals surface area contributed by atoms with Crippen LogP contribution in [-0.2, 0) is 6.54 Å². The Hall–Kier alpha value is -3.97. The van der Waals surface area contributed by atoms with E-state index >= 15 is 0 Å². The van der Waals surface area contributed by atoms with Crippen molar-refractivity contribution in [3.8, 4) is 0 Å². The fourth-order valence-electron chi connectivity index (χ4n) is 4.16. The zero-order valence-corrected chi connectivity index (χ0v) is 19.7. The molecule has 7 nitrogen and oxygen atoms in total. The number of pyridine rings is 1. The molecule has 3 heterocycles. The second-order valence-electron chi connectivity index (χ2n) is 8.39. The van der Waals surface area contributed by atoms with Gasteiger partial charge in [-0.3, -0.25) is 14.3 Å². The third-order valence-electron chi connectivity index (χ3n) is 5.90. The SMILES string of the molecule is Cc1nc2cnccc2n1Cc1ccc(C(=O)c2cn(C(=O)N(C)C)c3cc(Cl)ccc23)cc1. The first-order chi connectivity index (χ1) is 16.3. The number of aromatic nitrogens is 4. The molecule has 1 amide bonds. The quantitative estimate of drug-likeness (QED) is 0.339. The number of rotatable bonds is 4. The molecule has 8 heteroatoms. The Balaban J connectivity index is 1.48. The molecule has 0 aliphatic carbocycles. The van der Waals surface area contributed by atoms with Gasteiger partial charge in [0.25, 0.3) is 0 Å². The van der Waals surface area contributed by atoms with E-state index in [2.05, 4.69) is 14.5 Å². The highest BCUT2D eigenvalue weighted by Gasteiger charge is 2.21. The number of hydrogen-bond donors (Lipinski definition) is 0. The predicted molar refractivity (Wildman–Crippen MR) is 133 cm³/mol. The van der Waals surface area contributed by atoms with Crippen LogP contribution in [0.2, 0.25) is 5.02 Å². The van der Waals surface area contributed by atoms with Crippen molar-refractivity contribution in [3.05, 3.63) is 94.7 Å². The van der Waals surface area contributed by atoms with E-state index in [0.717, 1.165) is 22.4 Å². The van der Waals surface area contributed by atoms with Gasteiger partial charge in [0.15, 0.2) is 5.78 Å². The minimum atomic E-state index is -0.250. The zero-order chi connectivity index (χ0) is 24.0. The minimum Gasteiger partial charge on any atom is -0.330 e. The monoisotopic (exact) mass is 471 g/mol. The lowest BCUT2D eigenvalue weighted by Gasteiger charge is -2.11. The summed E-state index contributed by atoms with van der Waals surface area (Å²) < 4.78 is 3.59. The molecule has 34 heavy (non-hydrogen) atoms. The van der Waals surface area contributed by atoms with E-state index in [1.807, 2.05) is 37.3 Å². The average molecular weight is 472 g/mol. The van der Waals surface area contributed by atoms with Crippen LogP contribution in [0.25, 0.3) is 21.9 Å². The lowest BCUT2D eigenvalue weighted by atomic mass is 10.0. The van der Waals surface area contributed by atoms with Crippen molar-refractivity contribution in [1.29, 1.82) is 0 Å². The third kappa shape index (κ3) is 3.74. The molecule has 0 aliphatic heterocycles. The van der Waals surface area contributed by atoms with E-state index in [1.54, 1.807) is 50.9 Å². The predicted octanol–water partition coefficient (Wildman–Crippen LogP) is 5.16. The number of carbonyl (C=O) groups is 2. The largest absolute Gasteiger partial charge is 0.330 e. The highest BCUT2D eigenvalue weighted by molar-refractivity contribution is 6.31. The van der Waals surface area contributed by atoms with Gasteiger partial charge in [-0.25, -0.2) is 9.78 Å². The van der Waals surface area contributed by atoms with E-state index in [0.29, 0.717) is 33.6 Å². The van der Waals surface area contributed by atoms with Crippen LogP contribution in [0.4, 0.5) is 4.79 Å². The number of amides is 1. The van der Waals surface area contributed by atoms with Gasteiger partial charge in [-0.1, -0.05) is 41.9 Å². The number of hydrogen-bond acceptors (Lipinski definition) is 4. The molecule has 170 valence electrons. The average Bonchev–Trinajstić information content (AvgIpc) is 3.35. The van der Waals surface area contributed by atoms with Gasteiger partial charge in [0.05, 0.1) is 17.2 Å². The summed E-state index contributed by atoms with van der Waals surface area (Å²) in [6.45, 7) is 2.60. The van der Waals surface area contributed by atoms with Crippen molar-refractivity contribution in [3.63, 3.8) is 0 Å². The summed E-state index contributed by atoms with van der Waals surface area (Å²) in [5.74, 6) is 0.750. The van der Waals surface area contributed by atoms with Gasteiger partial charge < -0.3 is 9.47 Å². The zero-order valence-electron chi connectivity index (χ0n) is 19.0. The van der Waals surface area contributed by atoms with E-state index in [9.17, 15) is 9.59 Å². The van der Waals surface area contributed by atoms with Crippen molar-refractivity contribution in [2.75, 3.05) is 14.1 Å². The van der Waals surface area contributed by atoms with Gasteiger partial charge in [0.2, 0.25) is 0 Å². The van der Waals surface area contributed by atoms with Gasteiger partial charge in [-0.2, -0.15) is 0 Å². The first kappa shape index (κ1) is 21.9. The van der Waals surface area contributed by atoms with Crippen molar-refractivity contribution >= 4 is 45.4 Å². The number of carbonyl (C=O) groups excluding carboxylic acids is 2. The molecule has 5 aromatic rings. The highest BCUT2D eigenvalue weighted by Crippen LogP contribution is 2.27. The van der Waals surface area contributed by atoms with Crippen LogP contribution >= 0.6 is 11.6 Å². The lowest BCUT2D eigenvalue weighted by Crippen LogP contribution is -2.26. The van der Waals surface area contributed by atoms with E-state index in [-0.39, 0.29) is 11.8 Å². The molecule has 5 rings (SSSR count). The molecule has 0 unspecified atom stereocenters. The number of imidazole rings is 1. The summed E-state index contributed by atoms with van der Waals surface area (Å²) in [5, 5.41) is 1.18. The first-order valence-corrected chi connectivity index (χ1v) is 11.1. The number of nitrogens with zero attached hydrogens (tertiary/aromatic N) is 5.